The normalized spacial score (nSPS) is 16.0. The zero-order chi connectivity index (χ0) is 21.7. The summed E-state index contributed by atoms with van der Waals surface area (Å²) < 4.78 is 11.5. The van der Waals surface area contributed by atoms with Gasteiger partial charge in [-0.2, -0.15) is 0 Å². The topological polar surface area (TPSA) is 58.1 Å². The fourth-order valence-corrected chi connectivity index (χ4v) is 3.61. The number of hydrogen-bond donors (Lipinski definition) is 2. The molecule has 0 saturated carbocycles. The molecule has 3 rings (SSSR count). The first-order valence-electron chi connectivity index (χ1n) is 11.3. The van der Waals surface area contributed by atoms with E-state index in [1.54, 1.807) is 0 Å². The molecule has 6 nitrogen and oxygen atoms in total. The first-order chi connectivity index (χ1) is 15.2. The quantitative estimate of drug-likeness (QED) is 0.453. The van der Waals surface area contributed by atoms with E-state index < -0.39 is 0 Å². The Hall–Kier alpha value is -2.57. The molecule has 0 spiro atoms. The van der Waals surface area contributed by atoms with Gasteiger partial charge in [-0.15, -0.1) is 0 Å². The average Bonchev–Trinajstić information content (AvgIpc) is 2.82. The first kappa shape index (κ1) is 23.1. The number of aryl methyl sites for hydroxylation is 1. The summed E-state index contributed by atoms with van der Waals surface area (Å²) in [5.41, 5.74) is 2.49. The summed E-state index contributed by atoms with van der Waals surface area (Å²) in [6.07, 6.45) is 2.10. The minimum Gasteiger partial charge on any atom is -0.492 e. The molecule has 1 aliphatic rings. The molecule has 0 bridgehead atoms. The molecule has 31 heavy (non-hydrogen) atoms. The number of benzene rings is 2. The van der Waals surface area contributed by atoms with Crippen LogP contribution in [-0.4, -0.2) is 63.4 Å². The molecule has 1 unspecified atom stereocenters. The minimum absolute atomic E-state index is 0.325. The van der Waals surface area contributed by atoms with Gasteiger partial charge in [0.25, 0.3) is 0 Å². The predicted molar refractivity (Wildman–Crippen MR) is 127 cm³/mol. The van der Waals surface area contributed by atoms with Crippen LogP contribution in [0.2, 0.25) is 0 Å². The molecule has 0 amide bonds. The van der Waals surface area contributed by atoms with Crippen LogP contribution in [-0.2, 0) is 17.7 Å². The van der Waals surface area contributed by atoms with E-state index in [2.05, 4.69) is 63.8 Å². The van der Waals surface area contributed by atoms with Crippen molar-refractivity contribution < 1.29 is 9.47 Å². The van der Waals surface area contributed by atoms with Gasteiger partial charge in [-0.05, 0) is 31.4 Å². The van der Waals surface area contributed by atoms with Crippen molar-refractivity contribution in [3.63, 3.8) is 0 Å². The van der Waals surface area contributed by atoms with E-state index in [-0.39, 0.29) is 0 Å². The molecular weight excluding hydrogens is 388 g/mol. The van der Waals surface area contributed by atoms with E-state index in [9.17, 15) is 0 Å². The Labute approximate surface area is 186 Å². The maximum Gasteiger partial charge on any atom is 0.191 e. The highest BCUT2D eigenvalue weighted by molar-refractivity contribution is 5.80. The van der Waals surface area contributed by atoms with E-state index in [1.807, 2.05) is 25.2 Å². The maximum absolute atomic E-state index is 6.09. The first-order valence-corrected chi connectivity index (χ1v) is 11.3. The number of guanidine groups is 1. The summed E-state index contributed by atoms with van der Waals surface area (Å²) >= 11 is 0. The zero-order valence-electron chi connectivity index (χ0n) is 18.8. The molecule has 0 aliphatic carbocycles. The smallest absolute Gasteiger partial charge is 0.191 e. The van der Waals surface area contributed by atoms with Crippen molar-refractivity contribution in [2.75, 3.05) is 46.5 Å². The molecule has 0 aromatic heterocycles. The molecule has 168 valence electrons. The number of nitrogens with zero attached hydrogens (tertiary/aromatic N) is 2. The molecule has 2 aromatic carbocycles. The molecule has 1 heterocycles. The van der Waals surface area contributed by atoms with Gasteiger partial charge in [0, 0.05) is 44.8 Å². The van der Waals surface area contributed by atoms with Crippen molar-refractivity contribution in [2.45, 2.75) is 32.4 Å². The van der Waals surface area contributed by atoms with Crippen LogP contribution >= 0.6 is 0 Å². The highest BCUT2D eigenvalue weighted by atomic mass is 16.5. The van der Waals surface area contributed by atoms with Crippen molar-refractivity contribution >= 4 is 5.96 Å². The van der Waals surface area contributed by atoms with Crippen molar-refractivity contribution in [1.29, 1.82) is 0 Å². The van der Waals surface area contributed by atoms with Crippen LogP contribution < -0.4 is 15.4 Å². The minimum atomic E-state index is 0.325. The van der Waals surface area contributed by atoms with E-state index >= 15 is 0 Å². The van der Waals surface area contributed by atoms with Crippen LogP contribution in [0.3, 0.4) is 0 Å². The Bertz CT molecular complexity index is 791. The highest BCUT2D eigenvalue weighted by Gasteiger charge is 2.11. The number of morpholine rings is 1. The monoisotopic (exact) mass is 424 g/mol. The van der Waals surface area contributed by atoms with E-state index in [4.69, 9.17) is 9.47 Å². The lowest BCUT2D eigenvalue weighted by molar-refractivity contribution is 0.0322. The predicted octanol–water partition coefficient (Wildman–Crippen LogP) is 3.08. The molecule has 1 aliphatic heterocycles. The fourth-order valence-electron chi connectivity index (χ4n) is 3.61. The molecule has 1 saturated heterocycles. The molecule has 2 aromatic rings. The van der Waals surface area contributed by atoms with Crippen molar-refractivity contribution in [3.05, 3.63) is 65.7 Å². The lowest BCUT2D eigenvalue weighted by atomic mass is 10.1. The summed E-state index contributed by atoms with van der Waals surface area (Å²) in [6, 6.07) is 19.1. The van der Waals surface area contributed by atoms with Crippen LogP contribution in [0.5, 0.6) is 5.75 Å². The number of aliphatic imine (C=N–C) groups is 1. The second-order valence-electron chi connectivity index (χ2n) is 7.91. The van der Waals surface area contributed by atoms with Gasteiger partial charge in [0.15, 0.2) is 5.96 Å². The summed E-state index contributed by atoms with van der Waals surface area (Å²) in [6.45, 7) is 8.06. The Morgan fingerprint density at radius 1 is 1.10 bits per heavy atom. The standard InChI is InChI=1S/C25H36N4O2/c1-21(12-13-22-8-4-3-5-9-22)28-25(26-2)27-20-23-10-6-7-11-24(23)31-19-16-29-14-17-30-18-15-29/h3-11,21H,12-20H2,1-2H3,(H2,26,27,28). The van der Waals surface area contributed by atoms with Gasteiger partial charge in [0.1, 0.15) is 12.4 Å². The lowest BCUT2D eigenvalue weighted by Gasteiger charge is -2.26. The lowest BCUT2D eigenvalue weighted by Crippen LogP contribution is -2.42. The third-order valence-corrected chi connectivity index (χ3v) is 5.50. The number of hydrogen-bond acceptors (Lipinski definition) is 4. The van der Waals surface area contributed by atoms with E-state index in [0.717, 1.165) is 63.0 Å². The van der Waals surface area contributed by atoms with Gasteiger partial charge in [0.2, 0.25) is 0 Å². The third kappa shape index (κ3) is 8.23. The van der Waals surface area contributed by atoms with Gasteiger partial charge in [0.05, 0.1) is 13.2 Å². The van der Waals surface area contributed by atoms with Gasteiger partial charge < -0.3 is 20.1 Å². The van der Waals surface area contributed by atoms with Gasteiger partial charge >= 0.3 is 0 Å². The van der Waals surface area contributed by atoms with Crippen molar-refractivity contribution in [1.82, 2.24) is 15.5 Å². The summed E-state index contributed by atoms with van der Waals surface area (Å²) in [4.78, 5) is 6.77. The van der Waals surface area contributed by atoms with Crippen molar-refractivity contribution in [3.8, 4) is 5.75 Å². The summed E-state index contributed by atoms with van der Waals surface area (Å²) in [5.74, 6) is 1.74. The molecule has 2 N–H and O–H groups in total. The second-order valence-corrected chi connectivity index (χ2v) is 7.91. The number of ether oxygens (including phenoxy) is 2. The number of para-hydroxylation sites is 1. The van der Waals surface area contributed by atoms with Crippen LogP contribution in [0, 0.1) is 0 Å². The van der Waals surface area contributed by atoms with Crippen LogP contribution in [0.4, 0.5) is 0 Å². The average molecular weight is 425 g/mol. The highest BCUT2D eigenvalue weighted by Crippen LogP contribution is 2.17. The SMILES string of the molecule is CN=C(NCc1ccccc1OCCN1CCOCC1)NC(C)CCc1ccccc1. The molecule has 0 radical (unpaired) electrons. The Kier molecular flexibility index (Phi) is 9.67. The van der Waals surface area contributed by atoms with E-state index in [1.165, 1.54) is 5.56 Å². The molecular formula is C25H36N4O2. The zero-order valence-corrected chi connectivity index (χ0v) is 18.8. The Balaban J connectivity index is 1.43. The van der Waals surface area contributed by atoms with Crippen LogP contribution in [0.25, 0.3) is 0 Å². The molecule has 1 fully saturated rings. The molecule has 1 atom stereocenters. The van der Waals surface area contributed by atoms with Crippen LogP contribution in [0.1, 0.15) is 24.5 Å². The Morgan fingerprint density at radius 3 is 2.61 bits per heavy atom. The van der Waals surface area contributed by atoms with E-state index in [0.29, 0.717) is 19.2 Å². The Morgan fingerprint density at radius 2 is 1.84 bits per heavy atom. The number of rotatable bonds is 10. The van der Waals surface area contributed by atoms with Gasteiger partial charge in [-0.3, -0.25) is 9.89 Å². The summed E-state index contributed by atoms with van der Waals surface area (Å²) in [7, 11) is 1.81. The van der Waals surface area contributed by atoms with Gasteiger partial charge in [-0.25, -0.2) is 0 Å². The number of nitrogens with one attached hydrogen (secondary N) is 2. The second kappa shape index (κ2) is 13.0. The maximum atomic E-state index is 6.09. The molecule has 6 heteroatoms. The fraction of sp³-hybridized carbons (Fsp3) is 0.480. The summed E-state index contributed by atoms with van der Waals surface area (Å²) in [5, 5.41) is 6.92. The third-order valence-electron chi connectivity index (χ3n) is 5.50. The largest absolute Gasteiger partial charge is 0.492 e. The van der Waals surface area contributed by atoms with Gasteiger partial charge in [-0.1, -0.05) is 48.5 Å². The van der Waals surface area contributed by atoms with Crippen molar-refractivity contribution in [2.24, 2.45) is 4.99 Å². The van der Waals surface area contributed by atoms with Crippen LogP contribution in [0.15, 0.2) is 59.6 Å².